The van der Waals surface area contributed by atoms with Crippen LogP contribution in [0.5, 0.6) is 0 Å². The van der Waals surface area contributed by atoms with Gasteiger partial charge in [-0.1, -0.05) is 18.2 Å². The van der Waals surface area contributed by atoms with Gasteiger partial charge in [-0.2, -0.15) is 0 Å². The second-order valence-electron chi connectivity index (χ2n) is 6.43. The van der Waals surface area contributed by atoms with Crippen molar-refractivity contribution >= 4 is 17.4 Å². The van der Waals surface area contributed by atoms with E-state index in [4.69, 9.17) is 0 Å². The third-order valence-electron chi connectivity index (χ3n) is 4.87. The van der Waals surface area contributed by atoms with Gasteiger partial charge in [0.05, 0.1) is 5.92 Å². The van der Waals surface area contributed by atoms with Crippen molar-refractivity contribution in [3.63, 3.8) is 0 Å². The van der Waals surface area contributed by atoms with Crippen molar-refractivity contribution in [3.05, 3.63) is 29.8 Å². The molecule has 0 unspecified atom stereocenters. The largest absolute Gasteiger partial charge is 0.326 e. The van der Waals surface area contributed by atoms with Crippen molar-refractivity contribution in [2.24, 2.45) is 5.92 Å². The van der Waals surface area contributed by atoms with Gasteiger partial charge in [0.2, 0.25) is 5.91 Å². The average Bonchev–Trinajstić information content (AvgIpc) is 2.57. The number of anilines is 1. The Morgan fingerprint density at radius 2 is 1.91 bits per heavy atom. The highest BCUT2D eigenvalue weighted by Crippen LogP contribution is 2.35. The minimum absolute atomic E-state index is 0.0646. The Morgan fingerprint density at radius 1 is 1.14 bits per heavy atom. The lowest BCUT2D eigenvalue weighted by molar-refractivity contribution is -0.121. The second kappa shape index (κ2) is 7.05. The molecular formula is C18H24N2O2. The van der Waals surface area contributed by atoms with E-state index in [9.17, 15) is 9.59 Å². The zero-order valence-corrected chi connectivity index (χ0v) is 12.9. The number of para-hydroxylation sites is 1. The molecule has 1 amide bonds. The molecule has 1 saturated carbocycles. The summed E-state index contributed by atoms with van der Waals surface area (Å²) in [4.78, 5) is 23.9. The Balaban J connectivity index is 1.70. The molecule has 118 valence electrons. The lowest BCUT2D eigenvalue weighted by Crippen LogP contribution is -2.37. The molecule has 4 heteroatoms. The minimum Gasteiger partial charge on any atom is -0.326 e. The molecule has 2 aliphatic rings. The standard InChI is InChI=1S/C18H24N2O2/c21-15-9-7-13(8-10-15)16-5-1-2-6-17(16)20-18(22)14-4-3-11-19-12-14/h1-2,5-6,13-14,19H,3-4,7-12H2,(H,20,22)/t14-/m0/s1. The molecule has 22 heavy (non-hydrogen) atoms. The highest BCUT2D eigenvalue weighted by Gasteiger charge is 2.25. The van der Waals surface area contributed by atoms with E-state index in [1.807, 2.05) is 18.2 Å². The normalized spacial score (nSPS) is 23.3. The van der Waals surface area contributed by atoms with Crippen LogP contribution >= 0.6 is 0 Å². The molecule has 4 nitrogen and oxygen atoms in total. The van der Waals surface area contributed by atoms with E-state index >= 15 is 0 Å². The van der Waals surface area contributed by atoms with Gasteiger partial charge in [0.25, 0.3) is 0 Å². The lowest BCUT2D eigenvalue weighted by atomic mass is 9.82. The number of nitrogens with one attached hydrogen (secondary N) is 2. The summed E-state index contributed by atoms with van der Waals surface area (Å²) >= 11 is 0. The van der Waals surface area contributed by atoms with Gasteiger partial charge in [0.1, 0.15) is 5.78 Å². The Hall–Kier alpha value is -1.68. The summed E-state index contributed by atoms with van der Waals surface area (Å²) in [5.41, 5.74) is 2.12. The van der Waals surface area contributed by atoms with Gasteiger partial charge in [0.15, 0.2) is 0 Å². The number of hydrogen-bond acceptors (Lipinski definition) is 3. The van der Waals surface area contributed by atoms with E-state index < -0.39 is 0 Å². The number of benzene rings is 1. The zero-order chi connectivity index (χ0) is 15.4. The Kier molecular flexibility index (Phi) is 4.88. The number of rotatable bonds is 3. The fourth-order valence-corrected chi connectivity index (χ4v) is 3.53. The number of carbonyl (C=O) groups is 2. The molecule has 1 aromatic carbocycles. The molecule has 1 heterocycles. The van der Waals surface area contributed by atoms with E-state index in [1.165, 1.54) is 5.56 Å². The van der Waals surface area contributed by atoms with Crippen LogP contribution in [0.4, 0.5) is 5.69 Å². The Labute approximate surface area is 131 Å². The number of ketones is 1. The molecule has 1 aliphatic carbocycles. The summed E-state index contributed by atoms with van der Waals surface area (Å²) in [6, 6.07) is 8.06. The number of piperidine rings is 1. The molecular weight excluding hydrogens is 276 g/mol. The third kappa shape index (κ3) is 3.55. The van der Waals surface area contributed by atoms with Gasteiger partial charge >= 0.3 is 0 Å². The predicted molar refractivity (Wildman–Crippen MR) is 86.9 cm³/mol. The summed E-state index contributed by atoms with van der Waals surface area (Å²) < 4.78 is 0. The van der Waals surface area contributed by atoms with Crippen LogP contribution in [0.15, 0.2) is 24.3 Å². The molecule has 3 rings (SSSR count). The summed E-state index contributed by atoms with van der Waals surface area (Å²) in [6.07, 6.45) is 5.15. The first-order chi connectivity index (χ1) is 10.7. The molecule has 0 aromatic heterocycles. The van der Waals surface area contributed by atoms with E-state index in [0.717, 1.165) is 44.5 Å². The van der Waals surface area contributed by atoms with Crippen molar-refractivity contribution in [2.45, 2.75) is 44.4 Å². The van der Waals surface area contributed by atoms with Gasteiger partial charge in [-0.15, -0.1) is 0 Å². The number of hydrogen-bond donors (Lipinski definition) is 2. The lowest BCUT2D eigenvalue weighted by Gasteiger charge is -2.26. The maximum Gasteiger partial charge on any atom is 0.228 e. The van der Waals surface area contributed by atoms with Gasteiger partial charge in [0, 0.05) is 25.1 Å². The van der Waals surface area contributed by atoms with Gasteiger partial charge < -0.3 is 10.6 Å². The fourth-order valence-electron chi connectivity index (χ4n) is 3.53. The van der Waals surface area contributed by atoms with Crippen LogP contribution in [-0.2, 0) is 9.59 Å². The molecule has 1 atom stereocenters. The molecule has 2 N–H and O–H groups in total. The zero-order valence-electron chi connectivity index (χ0n) is 12.9. The first-order valence-corrected chi connectivity index (χ1v) is 8.36. The predicted octanol–water partition coefficient (Wildman–Crippen LogP) is 2.85. The van der Waals surface area contributed by atoms with Crippen molar-refractivity contribution in [2.75, 3.05) is 18.4 Å². The first kappa shape index (κ1) is 15.2. The first-order valence-electron chi connectivity index (χ1n) is 8.36. The SMILES string of the molecule is O=C1CCC(c2ccccc2NC(=O)[C@H]2CCCNC2)CC1. The monoisotopic (exact) mass is 300 g/mol. The maximum atomic E-state index is 12.4. The molecule has 1 aliphatic heterocycles. The van der Waals surface area contributed by atoms with Crippen molar-refractivity contribution in [1.82, 2.24) is 5.32 Å². The Morgan fingerprint density at radius 3 is 2.64 bits per heavy atom. The third-order valence-corrected chi connectivity index (χ3v) is 4.87. The van der Waals surface area contributed by atoms with E-state index in [-0.39, 0.29) is 11.8 Å². The number of carbonyl (C=O) groups excluding carboxylic acids is 2. The van der Waals surface area contributed by atoms with Gasteiger partial charge in [-0.05, 0) is 49.8 Å². The van der Waals surface area contributed by atoms with Crippen molar-refractivity contribution < 1.29 is 9.59 Å². The quantitative estimate of drug-likeness (QED) is 0.902. The van der Waals surface area contributed by atoms with Crippen LogP contribution in [0.25, 0.3) is 0 Å². The van der Waals surface area contributed by atoms with Crippen molar-refractivity contribution in [3.8, 4) is 0 Å². The number of amides is 1. The van der Waals surface area contributed by atoms with Crippen LogP contribution in [0, 0.1) is 5.92 Å². The minimum atomic E-state index is 0.0646. The summed E-state index contributed by atoms with van der Waals surface area (Å²) in [5.74, 6) is 0.936. The summed E-state index contributed by atoms with van der Waals surface area (Å²) in [7, 11) is 0. The van der Waals surface area contributed by atoms with Gasteiger partial charge in [-0.25, -0.2) is 0 Å². The highest BCUT2D eigenvalue weighted by molar-refractivity contribution is 5.93. The average molecular weight is 300 g/mol. The van der Waals surface area contributed by atoms with E-state index in [0.29, 0.717) is 24.5 Å². The number of Topliss-reactive ketones (excluding diaryl/α,β-unsaturated/α-hetero) is 1. The fraction of sp³-hybridized carbons (Fsp3) is 0.556. The summed E-state index contributed by atoms with van der Waals surface area (Å²) in [5, 5.41) is 6.41. The molecule has 0 bridgehead atoms. The maximum absolute atomic E-state index is 12.4. The second-order valence-corrected chi connectivity index (χ2v) is 6.43. The van der Waals surface area contributed by atoms with Crippen molar-refractivity contribution in [1.29, 1.82) is 0 Å². The van der Waals surface area contributed by atoms with Crippen LogP contribution < -0.4 is 10.6 Å². The van der Waals surface area contributed by atoms with Crippen LogP contribution in [0.2, 0.25) is 0 Å². The molecule has 2 fully saturated rings. The van der Waals surface area contributed by atoms with Crippen LogP contribution in [0.1, 0.15) is 50.0 Å². The molecule has 0 radical (unpaired) electrons. The topological polar surface area (TPSA) is 58.2 Å². The molecule has 1 aromatic rings. The molecule has 1 saturated heterocycles. The smallest absolute Gasteiger partial charge is 0.228 e. The Bertz CT molecular complexity index is 540. The van der Waals surface area contributed by atoms with Crippen LogP contribution in [0.3, 0.4) is 0 Å². The van der Waals surface area contributed by atoms with Gasteiger partial charge in [-0.3, -0.25) is 9.59 Å². The van der Waals surface area contributed by atoms with E-state index in [1.54, 1.807) is 0 Å². The van der Waals surface area contributed by atoms with E-state index in [2.05, 4.69) is 16.7 Å². The highest BCUT2D eigenvalue weighted by atomic mass is 16.2. The van der Waals surface area contributed by atoms with Crippen LogP contribution in [-0.4, -0.2) is 24.8 Å². The molecule has 0 spiro atoms. The summed E-state index contributed by atoms with van der Waals surface area (Å²) in [6.45, 7) is 1.78.